The zero-order chi connectivity index (χ0) is 16.0. The number of thioether (sulfide) groups is 1. The van der Waals surface area contributed by atoms with Gasteiger partial charge in [0.15, 0.2) is 0 Å². The van der Waals surface area contributed by atoms with Crippen molar-refractivity contribution >= 4 is 29.3 Å². The molecule has 22 heavy (non-hydrogen) atoms. The number of carbonyl (C=O) groups excluding carboxylic acids is 1. The van der Waals surface area contributed by atoms with E-state index in [-0.39, 0.29) is 17.9 Å². The van der Waals surface area contributed by atoms with Crippen LogP contribution in [0.3, 0.4) is 0 Å². The fraction of sp³-hybridized carbons (Fsp3) is 0.588. The van der Waals surface area contributed by atoms with Crippen LogP contribution in [0.2, 0.25) is 5.02 Å². The van der Waals surface area contributed by atoms with Gasteiger partial charge in [-0.15, -0.1) is 11.8 Å². The molecule has 1 fully saturated rings. The highest BCUT2D eigenvalue weighted by molar-refractivity contribution is 7.99. The Balaban J connectivity index is 1.73. The number of nitrogens with zero attached hydrogens (tertiary/aromatic N) is 1. The molecule has 1 aromatic rings. The minimum atomic E-state index is 0.0350. The van der Waals surface area contributed by atoms with Crippen molar-refractivity contribution < 1.29 is 9.90 Å². The fourth-order valence-electron chi connectivity index (χ4n) is 2.78. The number of rotatable bonds is 6. The molecule has 0 radical (unpaired) electrons. The lowest BCUT2D eigenvalue weighted by atomic mass is 9.77. The van der Waals surface area contributed by atoms with Crippen LogP contribution in [-0.2, 0) is 10.5 Å². The number of aliphatic hydroxyl groups is 1. The van der Waals surface area contributed by atoms with Gasteiger partial charge in [-0.25, -0.2) is 0 Å². The Labute approximate surface area is 142 Å². The summed E-state index contributed by atoms with van der Waals surface area (Å²) in [5.74, 6) is 1.55. The van der Waals surface area contributed by atoms with Crippen molar-refractivity contribution in [3.8, 4) is 0 Å². The van der Waals surface area contributed by atoms with Gasteiger partial charge in [0.1, 0.15) is 0 Å². The third-order valence-corrected chi connectivity index (χ3v) is 5.91. The molecule has 3 nitrogen and oxygen atoms in total. The van der Waals surface area contributed by atoms with Crippen molar-refractivity contribution in [2.75, 3.05) is 25.4 Å². The summed E-state index contributed by atoms with van der Waals surface area (Å²) >= 11 is 7.50. The Morgan fingerprint density at radius 3 is 2.50 bits per heavy atom. The summed E-state index contributed by atoms with van der Waals surface area (Å²) in [5, 5.41) is 10.3. The molecule has 1 aromatic carbocycles. The summed E-state index contributed by atoms with van der Waals surface area (Å²) in [6, 6.07) is 7.75. The maximum Gasteiger partial charge on any atom is 0.232 e. The Morgan fingerprint density at radius 2 is 1.95 bits per heavy atom. The molecule has 1 aliphatic rings. The van der Waals surface area contributed by atoms with Crippen LogP contribution in [-0.4, -0.2) is 41.4 Å². The van der Waals surface area contributed by atoms with Gasteiger partial charge in [-0.3, -0.25) is 4.79 Å². The maximum atomic E-state index is 12.3. The molecular formula is C17H24ClNO2S. The molecule has 1 amide bonds. The maximum absolute atomic E-state index is 12.3. The minimum absolute atomic E-state index is 0.0350. The molecule has 0 atom stereocenters. The molecule has 2 rings (SSSR count). The van der Waals surface area contributed by atoms with E-state index in [2.05, 4.69) is 6.92 Å². The van der Waals surface area contributed by atoms with E-state index >= 15 is 0 Å². The fourth-order valence-corrected chi connectivity index (χ4v) is 3.80. The molecule has 122 valence electrons. The molecule has 5 heteroatoms. The SMILES string of the molecule is CCC1(CO)CCN(C(=O)CSCc2ccc(Cl)cc2)CC1. The Morgan fingerprint density at radius 1 is 1.32 bits per heavy atom. The van der Waals surface area contributed by atoms with Crippen molar-refractivity contribution in [2.45, 2.75) is 31.9 Å². The van der Waals surface area contributed by atoms with E-state index in [1.807, 2.05) is 29.2 Å². The first-order chi connectivity index (χ1) is 10.6. The van der Waals surface area contributed by atoms with Crippen LogP contribution in [0, 0.1) is 5.41 Å². The molecular weight excluding hydrogens is 318 g/mol. The van der Waals surface area contributed by atoms with Crippen molar-refractivity contribution in [3.63, 3.8) is 0 Å². The van der Waals surface area contributed by atoms with Gasteiger partial charge in [-0.05, 0) is 42.4 Å². The second-order valence-electron chi connectivity index (χ2n) is 6.01. The highest BCUT2D eigenvalue weighted by atomic mass is 35.5. The lowest BCUT2D eigenvalue weighted by Crippen LogP contribution is -2.45. The second-order valence-corrected chi connectivity index (χ2v) is 7.43. The van der Waals surface area contributed by atoms with E-state index in [1.165, 1.54) is 5.56 Å². The Hall–Kier alpha value is -0.710. The first kappa shape index (κ1) is 17.6. The molecule has 0 bridgehead atoms. The third-order valence-electron chi connectivity index (χ3n) is 4.67. The van der Waals surface area contributed by atoms with Gasteiger partial charge >= 0.3 is 0 Å². The van der Waals surface area contributed by atoms with Crippen molar-refractivity contribution in [1.82, 2.24) is 4.90 Å². The number of amides is 1. The van der Waals surface area contributed by atoms with Gasteiger partial charge in [0.05, 0.1) is 5.75 Å². The summed E-state index contributed by atoms with van der Waals surface area (Å²) in [6.45, 7) is 3.90. The molecule has 1 saturated heterocycles. The molecule has 0 aliphatic carbocycles. The predicted molar refractivity (Wildman–Crippen MR) is 93.2 cm³/mol. The highest BCUT2D eigenvalue weighted by Gasteiger charge is 2.33. The van der Waals surface area contributed by atoms with Crippen LogP contribution >= 0.6 is 23.4 Å². The van der Waals surface area contributed by atoms with Gasteiger partial charge in [0, 0.05) is 30.5 Å². The molecule has 0 aromatic heterocycles. The van der Waals surface area contributed by atoms with Crippen LogP contribution in [0.1, 0.15) is 31.7 Å². The smallest absolute Gasteiger partial charge is 0.232 e. The number of carbonyl (C=O) groups is 1. The number of aliphatic hydroxyl groups excluding tert-OH is 1. The van der Waals surface area contributed by atoms with E-state index in [9.17, 15) is 9.90 Å². The molecule has 0 saturated carbocycles. The van der Waals surface area contributed by atoms with E-state index < -0.39 is 0 Å². The third kappa shape index (κ3) is 4.64. The normalized spacial score (nSPS) is 17.5. The Kier molecular flexibility index (Phi) is 6.60. The average molecular weight is 342 g/mol. The van der Waals surface area contributed by atoms with E-state index in [0.29, 0.717) is 5.75 Å². The predicted octanol–water partition coefficient (Wildman–Crippen LogP) is 3.58. The minimum Gasteiger partial charge on any atom is -0.396 e. The van der Waals surface area contributed by atoms with E-state index in [4.69, 9.17) is 11.6 Å². The van der Waals surface area contributed by atoms with E-state index in [1.54, 1.807) is 11.8 Å². The standard InChI is InChI=1S/C17H24ClNO2S/c1-2-17(13-20)7-9-19(10-8-17)16(21)12-22-11-14-3-5-15(18)6-4-14/h3-6,20H,2,7-13H2,1H3. The van der Waals surface area contributed by atoms with Gasteiger partial charge in [-0.1, -0.05) is 30.7 Å². The summed E-state index contributed by atoms with van der Waals surface area (Å²) in [7, 11) is 0. The first-order valence-electron chi connectivity index (χ1n) is 7.79. The molecule has 1 heterocycles. The van der Waals surface area contributed by atoms with Gasteiger partial charge in [0.2, 0.25) is 5.91 Å². The highest BCUT2D eigenvalue weighted by Crippen LogP contribution is 2.34. The first-order valence-corrected chi connectivity index (χ1v) is 9.33. The summed E-state index contributed by atoms with van der Waals surface area (Å²) < 4.78 is 0. The lowest BCUT2D eigenvalue weighted by molar-refractivity contribution is -0.131. The summed E-state index contributed by atoms with van der Waals surface area (Å²) in [5.41, 5.74) is 1.22. The number of likely N-dealkylation sites (tertiary alicyclic amines) is 1. The van der Waals surface area contributed by atoms with Crippen molar-refractivity contribution in [3.05, 3.63) is 34.9 Å². The zero-order valence-electron chi connectivity index (χ0n) is 13.1. The number of benzene rings is 1. The summed E-state index contributed by atoms with van der Waals surface area (Å²) in [6.07, 6.45) is 2.80. The second kappa shape index (κ2) is 8.23. The molecule has 0 unspecified atom stereocenters. The monoisotopic (exact) mass is 341 g/mol. The number of halogens is 1. The number of hydrogen-bond donors (Lipinski definition) is 1. The topological polar surface area (TPSA) is 40.5 Å². The average Bonchev–Trinajstić information content (AvgIpc) is 2.56. The number of piperidine rings is 1. The molecule has 0 spiro atoms. The van der Waals surface area contributed by atoms with E-state index in [0.717, 1.165) is 43.1 Å². The molecule has 1 aliphatic heterocycles. The largest absolute Gasteiger partial charge is 0.396 e. The van der Waals surface area contributed by atoms with Crippen LogP contribution < -0.4 is 0 Å². The summed E-state index contributed by atoms with van der Waals surface area (Å²) in [4.78, 5) is 14.2. The van der Waals surface area contributed by atoms with Crippen LogP contribution in [0.25, 0.3) is 0 Å². The zero-order valence-corrected chi connectivity index (χ0v) is 14.6. The van der Waals surface area contributed by atoms with Crippen molar-refractivity contribution in [1.29, 1.82) is 0 Å². The number of hydrogen-bond acceptors (Lipinski definition) is 3. The Bertz CT molecular complexity index is 478. The van der Waals surface area contributed by atoms with Crippen molar-refractivity contribution in [2.24, 2.45) is 5.41 Å². The van der Waals surface area contributed by atoms with Gasteiger partial charge < -0.3 is 10.0 Å². The quantitative estimate of drug-likeness (QED) is 0.859. The van der Waals surface area contributed by atoms with Crippen LogP contribution in [0.15, 0.2) is 24.3 Å². The lowest BCUT2D eigenvalue weighted by Gasteiger charge is -2.40. The van der Waals surface area contributed by atoms with Gasteiger partial charge in [0.25, 0.3) is 0 Å². The molecule has 1 N–H and O–H groups in total. The van der Waals surface area contributed by atoms with Crippen LogP contribution in [0.5, 0.6) is 0 Å². The van der Waals surface area contributed by atoms with Gasteiger partial charge in [-0.2, -0.15) is 0 Å². The van der Waals surface area contributed by atoms with Crippen LogP contribution in [0.4, 0.5) is 0 Å².